The summed E-state index contributed by atoms with van der Waals surface area (Å²) in [7, 11) is 0. The second kappa shape index (κ2) is 8.35. The highest BCUT2D eigenvalue weighted by molar-refractivity contribution is 7.19. The number of carbonyl (C=O) groups excluding carboxylic acids is 2. The van der Waals surface area contributed by atoms with Crippen molar-refractivity contribution in [1.29, 1.82) is 0 Å². The van der Waals surface area contributed by atoms with Gasteiger partial charge in [-0.1, -0.05) is 30.3 Å². The summed E-state index contributed by atoms with van der Waals surface area (Å²) in [5.41, 5.74) is 0.907. The van der Waals surface area contributed by atoms with E-state index < -0.39 is 17.6 Å². The molecule has 9 heteroatoms. The fourth-order valence-corrected chi connectivity index (χ4v) is 4.46. The lowest BCUT2D eigenvalue weighted by atomic mass is 10.1. The van der Waals surface area contributed by atoms with E-state index >= 15 is 0 Å². The molecule has 0 atom stereocenters. The number of thiophene rings is 1. The minimum atomic E-state index is -4.37. The molecule has 158 valence electrons. The SMILES string of the molecule is O=CCNC(=O)c1cn(-c2cccc3cc(Cc4cccc(C(F)(F)F)c4)sc23)cn1. The van der Waals surface area contributed by atoms with Crippen molar-refractivity contribution in [3.05, 3.63) is 82.8 Å². The predicted octanol–water partition coefficient (Wildman–Crippen LogP) is 4.63. The number of hydrogen-bond acceptors (Lipinski definition) is 4. The number of imidazole rings is 1. The largest absolute Gasteiger partial charge is 0.416 e. The van der Waals surface area contributed by atoms with Crippen LogP contribution in [0.5, 0.6) is 0 Å². The Morgan fingerprint density at radius 3 is 2.74 bits per heavy atom. The quantitative estimate of drug-likeness (QED) is 0.442. The lowest BCUT2D eigenvalue weighted by molar-refractivity contribution is -0.137. The fourth-order valence-electron chi connectivity index (χ4n) is 3.25. The van der Waals surface area contributed by atoms with Crippen LogP contribution in [0, 0.1) is 0 Å². The summed E-state index contributed by atoms with van der Waals surface area (Å²) in [6.07, 6.45) is -0.322. The van der Waals surface area contributed by atoms with Gasteiger partial charge in [0.15, 0.2) is 0 Å². The van der Waals surface area contributed by atoms with E-state index in [9.17, 15) is 22.8 Å². The van der Waals surface area contributed by atoms with E-state index in [2.05, 4.69) is 10.3 Å². The highest BCUT2D eigenvalue weighted by Gasteiger charge is 2.30. The molecule has 0 radical (unpaired) electrons. The molecule has 0 saturated carbocycles. The van der Waals surface area contributed by atoms with Gasteiger partial charge in [-0.05, 0) is 29.1 Å². The van der Waals surface area contributed by atoms with E-state index in [0.29, 0.717) is 18.3 Å². The predicted molar refractivity (Wildman–Crippen MR) is 112 cm³/mol. The summed E-state index contributed by atoms with van der Waals surface area (Å²) < 4.78 is 41.6. The molecule has 0 aliphatic rings. The Labute approximate surface area is 179 Å². The van der Waals surface area contributed by atoms with Gasteiger partial charge < -0.3 is 14.7 Å². The number of aromatic nitrogens is 2. The highest BCUT2D eigenvalue weighted by Crippen LogP contribution is 2.34. The van der Waals surface area contributed by atoms with Gasteiger partial charge in [0.25, 0.3) is 5.91 Å². The van der Waals surface area contributed by atoms with E-state index in [1.165, 1.54) is 29.8 Å². The number of carbonyl (C=O) groups is 2. The van der Waals surface area contributed by atoms with Gasteiger partial charge in [0.05, 0.1) is 22.5 Å². The number of nitrogens with zero attached hydrogens (tertiary/aromatic N) is 2. The van der Waals surface area contributed by atoms with Crippen LogP contribution >= 0.6 is 11.3 Å². The number of nitrogens with one attached hydrogen (secondary N) is 1. The number of alkyl halides is 3. The third-order valence-electron chi connectivity index (χ3n) is 4.65. The van der Waals surface area contributed by atoms with Gasteiger partial charge in [-0.15, -0.1) is 11.3 Å². The molecule has 5 nitrogen and oxygen atoms in total. The molecule has 4 rings (SSSR count). The van der Waals surface area contributed by atoms with Gasteiger partial charge in [0.1, 0.15) is 18.3 Å². The van der Waals surface area contributed by atoms with Gasteiger partial charge in [-0.25, -0.2) is 4.98 Å². The second-order valence-electron chi connectivity index (χ2n) is 6.83. The highest BCUT2D eigenvalue weighted by atomic mass is 32.1. The van der Waals surface area contributed by atoms with E-state index in [1.54, 1.807) is 16.8 Å². The Balaban J connectivity index is 1.63. The molecule has 2 heterocycles. The van der Waals surface area contributed by atoms with Crippen molar-refractivity contribution in [2.24, 2.45) is 0 Å². The van der Waals surface area contributed by atoms with Crippen LogP contribution in [-0.2, 0) is 17.4 Å². The Morgan fingerprint density at radius 1 is 1.16 bits per heavy atom. The Bertz CT molecular complexity index is 1260. The molecule has 31 heavy (non-hydrogen) atoms. The number of rotatable bonds is 6. The molecule has 2 aromatic heterocycles. The Morgan fingerprint density at radius 2 is 1.97 bits per heavy atom. The van der Waals surface area contributed by atoms with Crippen LogP contribution in [0.1, 0.15) is 26.5 Å². The van der Waals surface area contributed by atoms with Gasteiger partial charge in [-0.3, -0.25) is 4.79 Å². The summed E-state index contributed by atoms with van der Waals surface area (Å²) in [5.74, 6) is -0.450. The molecule has 0 fully saturated rings. The summed E-state index contributed by atoms with van der Waals surface area (Å²) in [4.78, 5) is 27.4. The van der Waals surface area contributed by atoms with E-state index in [4.69, 9.17) is 0 Å². The molecule has 0 spiro atoms. The van der Waals surface area contributed by atoms with E-state index in [0.717, 1.165) is 26.7 Å². The summed E-state index contributed by atoms with van der Waals surface area (Å²) in [6.45, 7) is -0.0922. The number of fused-ring (bicyclic) bond motifs is 1. The molecule has 2 aromatic carbocycles. The van der Waals surface area contributed by atoms with Crippen molar-refractivity contribution in [2.75, 3.05) is 6.54 Å². The van der Waals surface area contributed by atoms with Crippen molar-refractivity contribution in [1.82, 2.24) is 14.9 Å². The summed E-state index contributed by atoms with van der Waals surface area (Å²) >= 11 is 1.48. The molecule has 1 N–H and O–H groups in total. The van der Waals surface area contributed by atoms with Crippen LogP contribution in [0.3, 0.4) is 0 Å². The maximum Gasteiger partial charge on any atom is 0.416 e. The van der Waals surface area contributed by atoms with Crippen molar-refractivity contribution in [3.8, 4) is 5.69 Å². The molecule has 0 aliphatic carbocycles. The van der Waals surface area contributed by atoms with Crippen molar-refractivity contribution >= 4 is 33.6 Å². The minimum absolute atomic E-state index is 0.0922. The fraction of sp³-hybridized carbons (Fsp3) is 0.136. The van der Waals surface area contributed by atoms with Crippen LogP contribution in [0.25, 0.3) is 15.8 Å². The standard InChI is InChI=1S/C22H16F3N3O2S/c23-22(24,25)16-5-1-3-14(9-16)10-17-11-15-4-2-6-19(20(15)31-17)28-12-18(27-13-28)21(30)26-7-8-29/h1-6,8-9,11-13H,7,10H2,(H,26,30). The van der Waals surface area contributed by atoms with Gasteiger partial charge >= 0.3 is 6.18 Å². The minimum Gasteiger partial charge on any atom is -0.344 e. The van der Waals surface area contributed by atoms with Crippen LogP contribution in [0.2, 0.25) is 0 Å². The normalized spacial score (nSPS) is 11.6. The molecule has 0 saturated heterocycles. The average Bonchev–Trinajstić information content (AvgIpc) is 3.38. The number of hydrogen-bond donors (Lipinski definition) is 1. The molecule has 0 bridgehead atoms. The van der Waals surface area contributed by atoms with E-state index in [1.807, 2.05) is 24.3 Å². The monoisotopic (exact) mass is 443 g/mol. The zero-order valence-electron chi connectivity index (χ0n) is 16.0. The smallest absolute Gasteiger partial charge is 0.344 e. The maximum absolute atomic E-state index is 13.0. The number of amides is 1. The van der Waals surface area contributed by atoms with Crippen LogP contribution in [-0.4, -0.2) is 28.3 Å². The first-order valence-corrected chi connectivity index (χ1v) is 10.1. The zero-order valence-corrected chi connectivity index (χ0v) is 16.8. The van der Waals surface area contributed by atoms with E-state index in [-0.39, 0.29) is 12.2 Å². The molecule has 0 aliphatic heterocycles. The first-order valence-electron chi connectivity index (χ1n) is 9.29. The van der Waals surface area contributed by atoms with Crippen molar-refractivity contribution in [2.45, 2.75) is 12.6 Å². The van der Waals surface area contributed by atoms with Gasteiger partial charge in [0.2, 0.25) is 0 Å². The van der Waals surface area contributed by atoms with Crippen LogP contribution < -0.4 is 5.32 Å². The summed E-state index contributed by atoms with van der Waals surface area (Å²) in [5, 5.41) is 3.39. The van der Waals surface area contributed by atoms with Crippen LogP contribution in [0.4, 0.5) is 13.2 Å². The molecule has 1 amide bonds. The second-order valence-corrected chi connectivity index (χ2v) is 7.96. The Kier molecular flexibility index (Phi) is 5.60. The topological polar surface area (TPSA) is 64.0 Å². The molecular weight excluding hydrogens is 427 g/mol. The third-order valence-corrected chi connectivity index (χ3v) is 5.82. The molecular formula is C22H16F3N3O2S. The Hall–Kier alpha value is -3.46. The van der Waals surface area contributed by atoms with Gasteiger partial charge in [0, 0.05) is 17.5 Å². The molecule has 4 aromatic rings. The van der Waals surface area contributed by atoms with Gasteiger partial charge in [-0.2, -0.15) is 13.2 Å². The third kappa shape index (κ3) is 4.51. The molecule has 0 unspecified atom stereocenters. The maximum atomic E-state index is 13.0. The van der Waals surface area contributed by atoms with Crippen LogP contribution in [0.15, 0.2) is 61.1 Å². The lowest BCUT2D eigenvalue weighted by Gasteiger charge is -2.08. The summed E-state index contributed by atoms with van der Waals surface area (Å²) in [6, 6.07) is 13.0. The average molecular weight is 443 g/mol. The lowest BCUT2D eigenvalue weighted by Crippen LogP contribution is -2.25. The number of benzene rings is 2. The zero-order chi connectivity index (χ0) is 22.0. The number of aldehydes is 1. The van der Waals surface area contributed by atoms with Crippen molar-refractivity contribution < 1.29 is 22.8 Å². The van der Waals surface area contributed by atoms with Crippen molar-refractivity contribution in [3.63, 3.8) is 0 Å². The first-order chi connectivity index (χ1) is 14.8. The number of halogens is 3. The first kappa shape index (κ1) is 20.8.